The predicted molar refractivity (Wildman–Crippen MR) is 81.2 cm³/mol. The van der Waals surface area contributed by atoms with Crippen molar-refractivity contribution in [2.75, 3.05) is 14.1 Å². The van der Waals surface area contributed by atoms with Crippen LogP contribution in [0.15, 0.2) is 35.4 Å². The van der Waals surface area contributed by atoms with Crippen molar-refractivity contribution < 1.29 is 8.42 Å². The average molecular weight is 308 g/mol. The number of aryl methyl sites for hydroxylation is 1. The van der Waals surface area contributed by atoms with Crippen molar-refractivity contribution in [3.05, 3.63) is 47.5 Å². The molecular formula is C14H20N4O2S. The first kappa shape index (κ1) is 15.7. The van der Waals surface area contributed by atoms with Gasteiger partial charge in [0, 0.05) is 31.2 Å². The lowest BCUT2D eigenvalue weighted by Crippen LogP contribution is -2.26. The van der Waals surface area contributed by atoms with Crippen molar-refractivity contribution in [2.45, 2.75) is 24.9 Å². The molecular weight excluding hydrogens is 288 g/mol. The van der Waals surface area contributed by atoms with Gasteiger partial charge in [0.15, 0.2) is 0 Å². The minimum Gasteiger partial charge on any atom is -0.363 e. The van der Waals surface area contributed by atoms with Gasteiger partial charge < -0.3 is 10.3 Å². The first-order valence-corrected chi connectivity index (χ1v) is 8.08. The molecule has 0 radical (unpaired) electrons. The number of aromatic nitrogens is 2. The van der Waals surface area contributed by atoms with Gasteiger partial charge in [0.25, 0.3) is 0 Å². The van der Waals surface area contributed by atoms with E-state index in [0.717, 1.165) is 17.1 Å². The van der Waals surface area contributed by atoms with Crippen molar-refractivity contribution in [3.63, 3.8) is 0 Å². The maximum absolute atomic E-state index is 12.5. The molecule has 0 spiro atoms. The fraction of sp³-hybridized carbons (Fsp3) is 0.357. The van der Waals surface area contributed by atoms with Crippen LogP contribution >= 0.6 is 0 Å². The maximum Gasteiger partial charge on any atom is 0.244 e. The van der Waals surface area contributed by atoms with Crippen LogP contribution < -0.4 is 5.32 Å². The van der Waals surface area contributed by atoms with E-state index < -0.39 is 10.0 Å². The molecule has 6 nitrogen and oxygen atoms in total. The molecule has 0 aliphatic rings. The van der Waals surface area contributed by atoms with E-state index in [0.29, 0.717) is 6.54 Å². The maximum atomic E-state index is 12.5. The summed E-state index contributed by atoms with van der Waals surface area (Å²) in [6.07, 6.45) is 1.52. The molecule has 0 fully saturated rings. The second-order valence-corrected chi connectivity index (χ2v) is 6.97. The van der Waals surface area contributed by atoms with Crippen molar-refractivity contribution in [1.29, 1.82) is 0 Å². The molecule has 0 bridgehead atoms. The quantitative estimate of drug-likeness (QED) is 0.842. The van der Waals surface area contributed by atoms with Crippen LogP contribution in [0.25, 0.3) is 0 Å². The lowest BCUT2D eigenvalue weighted by molar-refractivity contribution is 0.462. The zero-order chi connectivity index (χ0) is 15.5. The molecule has 0 aliphatic heterocycles. The van der Waals surface area contributed by atoms with Crippen molar-refractivity contribution in [3.8, 4) is 0 Å². The predicted octanol–water partition coefficient (Wildman–Crippen LogP) is 1.26. The molecule has 2 heterocycles. The van der Waals surface area contributed by atoms with E-state index in [4.69, 9.17) is 0 Å². The summed E-state index contributed by atoms with van der Waals surface area (Å²) in [5.41, 5.74) is 2.43. The number of sulfonamides is 1. The Bertz CT molecular complexity index is 709. The molecule has 2 N–H and O–H groups in total. The van der Waals surface area contributed by atoms with E-state index >= 15 is 0 Å². The molecule has 7 heteroatoms. The number of H-pyrrole nitrogens is 1. The standard InChI is InChI=1S/C14H20N4O2S/c1-11-5-4-6-12(17-11)10-18(3)21(19,20)14-7-13(8-15-2)16-9-14/h4-7,9,15-16H,8,10H2,1-3H3. The Balaban J connectivity index is 2.17. The van der Waals surface area contributed by atoms with Crippen LogP contribution in [0, 0.1) is 6.92 Å². The summed E-state index contributed by atoms with van der Waals surface area (Å²) in [5, 5.41) is 2.97. The Hall–Kier alpha value is -1.70. The monoisotopic (exact) mass is 308 g/mol. The number of hydrogen-bond donors (Lipinski definition) is 2. The Labute approximate surface area is 125 Å². The van der Waals surface area contributed by atoms with Gasteiger partial charge in [-0.2, -0.15) is 4.31 Å². The van der Waals surface area contributed by atoms with Crippen LogP contribution in [0.5, 0.6) is 0 Å². The fourth-order valence-corrected chi connectivity index (χ4v) is 3.20. The summed E-state index contributed by atoms with van der Waals surface area (Å²) in [6, 6.07) is 7.22. The van der Waals surface area contributed by atoms with Gasteiger partial charge in [-0.05, 0) is 32.2 Å². The van der Waals surface area contributed by atoms with E-state index in [2.05, 4.69) is 15.3 Å². The number of pyridine rings is 1. The molecule has 114 valence electrons. The molecule has 21 heavy (non-hydrogen) atoms. The second-order valence-electron chi connectivity index (χ2n) is 4.92. The van der Waals surface area contributed by atoms with E-state index in [1.165, 1.54) is 10.5 Å². The van der Waals surface area contributed by atoms with Crippen molar-refractivity contribution >= 4 is 10.0 Å². The van der Waals surface area contributed by atoms with E-state index in [1.54, 1.807) is 13.1 Å². The number of hydrogen-bond acceptors (Lipinski definition) is 4. The van der Waals surface area contributed by atoms with Crippen molar-refractivity contribution in [2.24, 2.45) is 0 Å². The van der Waals surface area contributed by atoms with Gasteiger partial charge in [0.1, 0.15) is 0 Å². The lowest BCUT2D eigenvalue weighted by atomic mass is 10.3. The highest BCUT2D eigenvalue weighted by Gasteiger charge is 2.22. The first-order chi connectivity index (χ1) is 9.93. The third-order valence-electron chi connectivity index (χ3n) is 3.12. The minimum atomic E-state index is -3.51. The van der Waals surface area contributed by atoms with Gasteiger partial charge in [-0.1, -0.05) is 6.07 Å². The normalized spacial score (nSPS) is 12.0. The van der Waals surface area contributed by atoms with Crippen LogP contribution in [0.3, 0.4) is 0 Å². The zero-order valence-corrected chi connectivity index (χ0v) is 13.2. The Morgan fingerprint density at radius 3 is 2.81 bits per heavy atom. The van der Waals surface area contributed by atoms with Gasteiger partial charge in [0.2, 0.25) is 10.0 Å². The zero-order valence-electron chi connectivity index (χ0n) is 12.4. The summed E-state index contributed by atoms with van der Waals surface area (Å²) in [6.45, 7) is 2.73. The Morgan fingerprint density at radius 1 is 1.38 bits per heavy atom. The minimum absolute atomic E-state index is 0.247. The van der Waals surface area contributed by atoms with E-state index in [-0.39, 0.29) is 11.4 Å². The summed E-state index contributed by atoms with van der Waals surface area (Å²) in [7, 11) is -0.144. The smallest absolute Gasteiger partial charge is 0.244 e. The highest BCUT2D eigenvalue weighted by atomic mass is 32.2. The molecule has 2 aromatic rings. The van der Waals surface area contributed by atoms with E-state index in [1.807, 2.05) is 32.2 Å². The second kappa shape index (κ2) is 6.38. The number of rotatable bonds is 6. The summed E-state index contributed by atoms with van der Waals surface area (Å²) in [4.78, 5) is 7.55. The fourth-order valence-electron chi connectivity index (χ4n) is 2.04. The van der Waals surface area contributed by atoms with Gasteiger partial charge >= 0.3 is 0 Å². The number of aromatic amines is 1. The molecule has 2 rings (SSSR count). The highest BCUT2D eigenvalue weighted by molar-refractivity contribution is 7.89. The van der Waals surface area contributed by atoms with Crippen LogP contribution in [-0.2, 0) is 23.1 Å². The van der Waals surface area contributed by atoms with Crippen LogP contribution in [0.1, 0.15) is 17.1 Å². The largest absolute Gasteiger partial charge is 0.363 e. The van der Waals surface area contributed by atoms with Crippen molar-refractivity contribution in [1.82, 2.24) is 19.6 Å². The summed E-state index contributed by atoms with van der Waals surface area (Å²) >= 11 is 0. The third-order valence-corrected chi connectivity index (χ3v) is 4.90. The highest BCUT2D eigenvalue weighted by Crippen LogP contribution is 2.17. The SMILES string of the molecule is CNCc1cc(S(=O)(=O)N(C)Cc2cccc(C)n2)c[nH]1. The van der Waals surface area contributed by atoms with Crippen LogP contribution in [-0.4, -0.2) is 36.8 Å². The molecule has 0 amide bonds. The third kappa shape index (κ3) is 3.69. The first-order valence-electron chi connectivity index (χ1n) is 6.64. The van der Waals surface area contributed by atoms with Crippen LogP contribution in [0.2, 0.25) is 0 Å². The molecule has 0 aliphatic carbocycles. The topological polar surface area (TPSA) is 78.1 Å². The Morgan fingerprint density at radius 2 is 2.14 bits per heavy atom. The summed E-state index contributed by atoms with van der Waals surface area (Å²) in [5.74, 6) is 0. The number of nitrogens with one attached hydrogen (secondary N) is 2. The lowest BCUT2D eigenvalue weighted by Gasteiger charge is -2.15. The molecule has 0 aromatic carbocycles. The molecule has 0 unspecified atom stereocenters. The molecule has 0 saturated carbocycles. The average Bonchev–Trinajstić information content (AvgIpc) is 2.88. The summed E-state index contributed by atoms with van der Waals surface area (Å²) < 4.78 is 26.3. The van der Waals surface area contributed by atoms with Gasteiger partial charge in [0.05, 0.1) is 17.1 Å². The molecule has 0 atom stereocenters. The molecule has 0 saturated heterocycles. The van der Waals surface area contributed by atoms with Gasteiger partial charge in [-0.25, -0.2) is 8.42 Å². The Kier molecular flexibility index (Phi) is 4.76. The number of nitrogens with zero attached hydrogens (tertiary/aromatic N) is 2. The van der Waals surface area contributed by atoms with Crippen LogP contribution in [0.4, 0.5) is 0 Å². The molecule has 2 aromatic heterocycles. The van der Waals surface area contributed by atoms with Gasteiger partial charge in [-0.15, -0.1) is 0 Å². The van der Waals surface area contributed by atoms with E-state index in [9.17, 15) is 8.42 Å². The van der Waals surface area contributed by atoms with Gasteiger partial charge in [-0.3, -0.25) is 4.98 Å².